The van der Waals surface area contributed by atoms with Crippen LogP contribution in [0.25, 0.3) is 0 Å². The smallest absolute Gasteiger partial charge is 0.269 e. The number of hydrogen-bond acceptors (Lipinski definition) is 3. The van der Waals surface area contributed by atoms with Crippen molar-refractivity contribution >= 4 is 10.2 Å². The lowest BCUT2D eigenvalue weighted by atomic mass is 9.94. The molecule has 0 amide bonds. The minimum absolute atomic E-state index is 0.415. The van der Waals surface area contributed by atoms with Crippen LogP contribution < -0.4 is 0 Å². The number of aryl methyl sites for hydroxylation is 1. The first-order valence-corrected chi connectivity index (χ1v) is 8.55. The molecule has 2 rings (SSSR count). The molecule has 1 aromatic rings. The highest BCUT2D eigenvalue weighted by Gasteiger charge is 2.30. The molecule has 0 saturated carbocycles. The fourth-order valence-corrected chi connectivity index (χ4v) is 3.84. The largest absolute Gasteiger partial charge is 0.281 e. The maximum absolute atomic E-state index is 12.1. The summed E-state index contributed by atoms with van der Waals surface area (Å²) in [5.74, 6) is 0.415. The topological polar surface area (TPSA) is 58.4 Å². The van der Waals surface area contributed by atoms with E-state index in [1.165, 1.54) is 10.00 Å². The molecule has 7 heteroatoms. The highest BCUT2D eigenvalue weighted by atomic mass is 32.2. The summed E-state index contributed by atoms with van der Waals surface area (Å²) in [7, 11) is -0.106. The number of aromatic nitrogens is 2. The van der Waals surface area contributed by atoms with Gasteiger partial charge in [0.2, 0.25) is 0 Å². The van der Waals surface area contributed by atoms with Crippen LogP contribution in [-0.2, 0) is 16.8 Å². The zero-order chi connectivity index (χ0) is 14.8. The van der Waals surface area contributed by atoms with Gasteiger partial charge in [-0.05, 0) is 25.3 Å². The van der Waals surface area contributed by atoms with Crippen molar-refractivity contribution in [2.45, 2.75) is 38.6 Å². The van der Waals surface area contributed by atoms with Gasteiger partial charge >= 0.3 is 0 Å². The summed E-state index contributed by atoms with van der Waals surface area (Å²) >= 11 is 0. The van der Waals surface area contributed by atoms with Crippen LogP contribution in [0.4, 0.5) is 0 Å². The Morgan fingerprint density at radius 1 is 1.35 bits per heavy atom. The monoisotopic (exact) mass is 300 g/mol. The van der Waals surface area contributed by atoms with E-state index in [4.69, 9.17) is 0 Å². The summed E-state index contributed by atoms with van der Waals surface area (Å²) in [5, 5.41) is 4.35. The van der Waals surface area contributed by atoms with Crippen LogP contribution >= 0.6 is 0 Å². The zero-order valence-corrected chi connectivity index (χ0v) is 13.3. The van der Waals surface area contributed by atoms with E-state index >= 15 is 0 Å². The minimum atomic E-state index is -3.27. The van der Waals surface area contributed by atoms with Crippen LogP contribution in [0.15, 0.2) is 12.3 Å². The second-order valence-corrected chi connectivity index (χ2v) is 7.59. The SMILES string of the molecule is CCCn1nccc1C1CCN(S(=O)(=O)N(C)C)CC1. The molecule has 0 bridgehead atoms. The van der Waals surface area contributed by atoms with Gasteiger partial charge in [0.25, 0.3) is 10.2 Å². The molecule has 2 heterocycles. The van der Waals surface area contributed by atoms with Gasteiger partial charge in [-0.25, -0.2) is 0 Å². The van der Waals surface area contributed by atoms with Crippen molar-refractivity contribution < 1.29 is 8.42 Å². The zero-order valence-electron chi connectivity index (χ0n) is 12.5. The quantitative estimate of drug-likeness (QED) is 0.823. The van der Waals surface area contributed by atoms with E-state index in [2.05, 4.69) is 22.8 Å². The summed E-state index contributed by atoms with van der Waals surface area (Å²) in [6.07, 6.45) is 4.63. The molecule has 1 aromatic heterocycles. The first kappa shape index (κ1) is 15.5. The standard InChI is InChI=1S/C13H24N4O2S/c1-4-9-17-13(5-8-14-17)12-6-10-16(11-7-12)20(18,19)15(2)3/h5,8,12H,4,6-7,9-11H2,1-3H3. The van der Waals surface area contributed by atoms with Crippen molar-refractivity contribution in [1.29, 1.82) is 0 Å². The second-order valence-electron chi connectivity index (χ2n) is 5.44. The maximum Gasteiger partial charge on any atom is 0.281 e. The third-order valence-corrected chi connectivity index (χ3v) is 5.79. The molecule has 0 spiro atoms. The highest BCUT2D eigenvalue weighted by Crippen LogP contribution is 2.29. The van der Waals surface area contributed by atoms with Crippen LogP contribution in [0.2, 0.25) is 0 Å². The van der Waals surface area contributed by atoms with Crippen molar-refractivity contribution in [3.05, 3.63) is 18.0 Å². The molecule has 0 aliphatic carbocycles. The molecule has 1 aliphatic heterocycles. The van der Waals surface area contributed by atoms with E-state index < -0.39 is 10.2 Å². The van der Waals surface area contributed by atoms with Crippen molar-refractivity contribution in [3.8, 4) is 0 Å². The van der Waals surface area contributed by atoms with Crippen LogP contribution in [-0.4, -0.2) is 54.0 Å². The first-order chi connectivity index (χ1) is 9.46. The molecule has 1 aliphatic rings. The molecule has 0 radical (unpaired) electrons. The first-order valence-electron chi connectivity index (χ1n) is 7.16. The average molecular weight is 300 g/mol. The fraction of sp³-hybridized carbons (Fsp3) is 0.769. The Morgan fingerprint density at radius 2 is 2.00 bits per heavy atom. The molecule has 0 N–H and O–H groups in total. The number of piperidine rings is 1. The highest BCUT2D eigenvalue weighted by molar-refractivity contribution is 7.86. The molecule has 1 saturated heterocycles. The van der Waals surface area contributed by atoms with Crippen molar-refractivity contribution in [3.63, 3.8) is 0 Å². The van der Waals surface area contributed by atoms with Gasteiger partial charge in [-0.1, -0.05) is 6.92 Å². The van der Waals surface area contributed by atoms with Gasteiger partial charge in [0.05, 0.1) is 0 Å². The molecule has 20 heavy (non-hydrogen) atoms. The van der Waals surface area contributed by atoms with E-state index in [1.807, 2.05) is 6.20 Å². The van der Waals surface area contributed by atoms with Gasteiger partial charge in [0.1, 0.15) is 0 Å². The van der Waals surface area contributed by atoms with Crippen LogP contribution in [0, 0.1) is 0 Å². The summed E-state index contributed by atoms with van der Waals surface area (Å²) in [5.41, 5.74) is 1.24. The number of hydrogen-bond donors (Lipinski definition) is 0. The van der Waals surface area contributed by atoms with Crippen LogP contribution in [0.3, 0.4) is 0 Å². The summed E-state index contributed by atoms with van der Waals surface area (Å²) in [6, 6.07) is 2.07. The second kappa shape index (κ2) is 6.24. The lowest BCUT2D eigenvalue weighted by Crippen LogP contribution is -2.44. The Balaban J connectivity index is 2.03. The third-order valence-electron chi connectivity index (χ3n) is 3.84. The van der Waals surface area contributed by atoms with E-state index in [0.717, 1.165) is 25.8 Å². The lowest BCUT2D eigenvalue weighted by molar-refractivity contribution is 0.295. The van der Waals surface area contributed by atoms with Crippen molar-refractivity contribution in [2.75, 3.05) is 27.2 Å². The van der Waals surface area contributed by atoms with E-state index in [1.54, 1.807) is 18.4 Å². The Bertz CT molecular complexity index is 530. The third kappa shape index (κ3) is 3.05. The lowest BCUT2D eigenvalue weighted by Gasteiger charge is -2.32. The minimum Gasteiger partial charge on any atom is -0.269 e. The molecule has 114 valence electrons. The molecule has 0 unspecified atom stereocenters. The Kier molecular flexibility index (Phi) is 4.82. The summed E-state index contributed by atoms with van der Waals surface area (Å²) < 4.78 is 29.1. The molecular weight excluding hydrogens is 276 g/mol. The summed E-state index contributed by atoms with van der Waals surface area (Å²) in [6.45, 7) is 4.24. The fourth-order valence-electron chi connectivity index (χ4n) is 2.70. The Labute approximate surface area is 121 Å². The molecule has 1 fully saturated rings. The van der Waals surface area contributed by atoms with Crippen molar-refractivity contribution in [2.24, 2.45) is 0 Å². The molecule has 6 nitrogen and oxygen atoms in total. The number of nitrogens with zero attached hydrogens (tertiary/aromatic N) is 4. The van der Waals surface area contributed by atoms with E-state index in [9.17, 15) is 8.42 Å². The van der Waals surface area contributed by atoms with Gasteiger partial charge in [-0.3, -0.25) is 4.68 Å². The maximum atomic E-state index is 12.1. The predicted molar refractivity (Wildman–Crippen MR) is 78.7 cm³/mol. The number of rotatable bonds is 5. The van der Waals surface area contributed by atoms with Gasteiger partial charge in [0, 0.05) is 51.5 Å². The summed E-state index contributed by atoms with van der Waals surface area (Å²) in [4.78, 5) is 0. The predicted octanol–water partition coefficient (Wildman–Crippen LogP) is 1.28. The Hall–Kier alpha value is -0.920. The van der Waals surface area contributed by atoms with Crippen LogP contribution in [0.5, 0.6) is 0 Å². The van der Waals surface area contributed by atoms with E-state index in [0.29, 0.717) is 19.0 Å². The van der Waals surface area contributed by atoms with Gasteiger partial charge in [-0.15, -0.1) is 0 Å². The Morgan fingerprint density at radius 3 is 2.55 bits per heavy atom. The van der Waals surface area contributed by atoms with Gasteiger partial charge in [-0.2, -0.15) is 22.1 Å². The molecule has 0 atom stereocenters. The van der Waals surface area contributed by atoms with Gasteiger partial charge < -0.3 is 0 Å². The normalized spacial score (nSPS) is 18.8. The molecule has 0 aromatic carbocycles. The van der Waals surface area contributed by atoms with Crippen LogP contribution in [0.1, 0.15) is 37.8 Å². The van der Waals surface area contributed by atoms with Crippen molar-refractivity contribution in [1.82, 2.24) is 18.4 Å². The average Bonchev–Trinajstić information content (AvgIpc) is 2.87. The molecular formula is C13H24N4O2S. The van der Waals surface area contributed by atoms with E-state index in [-0.39, 0.29) is 0 Å². The van der Waals surface area contributed by atoms with Gasteiger partial charge in [0.15, 0.2) is 0 Å².